The number of fused-ring (bicyclic) bond motifs is 2. The topological polar surface area (TPSA) is 58.6 Å². The van der Waals surface area contributed by atoms with E-state index in [0.29, 0.717) is 11.3 Å². The first-order chi connectivity index (χ1) is 17.6. The molecule has 0 saturated heterocycles. The maximum atomic E-state index is 13.6. The fraction of sp³-hybridized carbons (Fsp3) is 0.161. The Balaban J connectivity index is 1.36. The fourth-order valence-corrected chi connectivity index (χ4v) is 4.63. The minimum absolute atomic E-state index is 0.168. The Morgan fingerprint density at radius 2 is 1.33 bits per heavy atom. The van der Waals surface area contributed by atoms with Crippen LogP contribution in [0.5, 0.6) is 5.75 Å². The van der Waals surface area contributed by atoms with Crippen molar-refractivity contribution in [2.75, 3.05) is 11.5 Å². The number of ether oxygens (including phenoxy) is 1. The van der Waals surface area contributed by atoms with Crippen LogP contribution in [0.2, 0.25) is 0 Å². The molecule has 180 valence electrons. The molecule has 4 aromatic carbocycles. The number of amides is 2. The zero-order valence-electron chi connectivity index (χ0n) is 20.2. The van der Waals surface area contributed by atoms with E-state index in [0.717, 1.165) is 40.9 Å². The van der Waals surface area contributed by atoms with E-state index in [1.165, 1.54) is 0 Å². The predicted molar refractivity (Wildman–Crippen MR) is 142 cm³/mol. The molecule has 0 saturated carbocycles. The lowest BCUT2D eigenvalue weighted by molar-refractivity contribution is -0.119. The number of carbonyl (C=O) groups excluding carboxylic acids is 2. The maximum absolute atomic E-state index is 13.6. The number of anilines is 2. The Morgan fingerprint density at radius 1 is 0.778 bits per heavy atom. The van der Waals surface area contributed by atoms with Crippen LogP contribution >= 0.6 is 0 Å². The molecule has 5 heteroatoms. The van der Waals surface area contributed by atoms with Gasteiger partial charge in [-0.05, 0) is 60.7 Å². The van der Waals surface area contributed by atoms with Gasteiger partial charge in [-0.25, -0.2) is 0 Å². The van der Waals surface area contributed by atoms with E-state index in [9.17, 15) is 9.59 Å². The van der Waals surface area contributed by atoms with E-state index in [-0.39, 0.29) is 24.5 Å². The second kappa shape index (κ2) is 10.5. The van der Waals surface area contributed by atoms with Crippen LogP contribution in [-0.2, 0) is 17.6 Å². The number of nitrogens with one attached hydrogen (secondary N) is 1. The quantitative estimate of drug-likeness (QED) is 0.370. The van der Waals surface area contributed by atoms with Crippen LogP contribution in [0.3, 0.4) is 0 Å². The summed E-state index contributed by atoms with van der Waals surface area (Å²) < 4.78 is 5.98. The van der Waals surface area contributed by atoms with E-state index < -0.39 is 0 Å². The lowest BCUT2D eigenvalue weighted by atomic mass is 10.0. The van der Waals surface area contributed by atoms with E-state index in [1.807, 2.05) is 73.7 Å². The molecule has 1 aliphatic rings. The van der Waals surface area contributed by atoms with Crippen molar-refractivity contribution in [2.45, 2.75) is 25.8 Å². The summed E-state index contributed by atoms with van der Waals surface area (Å²) in [6, 6.07) is 32.6. The van der Waals surface area contributed by atoms with Crippen LogP contribution in [0, 0.1) is 0 Å². The summed E-state index contributed by atoms with van der Waals surface area (Å²) in [5.74, 6) is -0.0652. The number of nitrogens with zero attached hydrogens (tertiary/aromatic N) is 1. The molecule has 0 radical (unpaired) electrons. The van der Waals surface area contributed by atoms with Crippen LogP contribution < -0.4 is 15.0 Å². The van der Waals surface area contributed by atoms with Crippen molar-refractivity contribution < 1.29 is 14.3 Å². The monoisotopic (exact) mass is 476 g/mol. The Bertz CT molecular complexity index is 1340. The zero-order chi connectivity index (χ0) is 24.9. The van der Waals surface area contributed by atoms with Gasteiger partial charge in [-0.3, -0.25) is 14.5 Å². The molecular formula is C31H28N2O3. The van der Waals surface area contributed by atoms with Gasteiger partial charge >= 0.3 is 0 Å². The Labute approximate surface area is 211 Å². The molecule has 36 heavy (non-hydrogen) atoms. The third-order valence-electron chi connectivity index (χ3n) is 6.51. The van der Waals surface area contributed by atoms with Crippen molar-refractivity contribution in [1.29, 1.82) is 0 Å². The molecule has 0 aromatic heterocycles. The summed E-state index contributed by atoms with van der Waals surface area (Å²) in [6.45, 7) is 1.75. The Hall–Kier alpha value is -4.38. The summed E-state index contributed by atoms with van der Waals surface area (Å²) in [5, 5.41) is 3.02. The standard InChI is InChI=1S/C31H28N2O3/c1-22(23-11-3-2-4-12-23)32-31(35)26-15-7-10-18-29(26)36-21-30(34)33-27-16-8-5-13-24(27)19-20-25-14-6-9-17-28(25)33/h2-18,22H,19-21H2,1H3,(H,32,35)/t22-/m1/s1. The van der Waals surface area contributed by atoms with Crippen LogP contribution in [0.1, 0.15) is 40.0 Å². The summed E-state index contributed by atoms with van der Waals surface area (Å²) in [4.78, 5) is 28.4. The second-order valence-electron chi connectivity index (χ2n) is 8.88. The van der Waals surface area contributed by atoms with E-state index in [4.69, 9.17) is 4.74 Å². The number of para-hydroxylation sites is 3. The number of hydrogen-bond donors (Lipinski definition) is 1. The van der Waals surface area contributed by atoms with Gasteiger partial charge in [0.1, 0.15) is 5.75 Å². The molecule has 2 amide bonds. The summed E-state index contributed by atoms with van der Waals surface area (Å²) in [6.07, 6.45) is 1.72. The van der Waals surface area contributed by atoms with E-state index >= 15 is 0 Å². The van der Waals surface area contributed by atoms with E-state index in [2.05, 4.69) is 17.4 Å². The molecule has 0 aliphatic carbocycles. The second-order valence-corrected chi connectivity index (χ2v) is 8.88. The van der Waals surface area contributed by atoms with Crippen LogP contribution in [0.15, 0.2) is 103 Å². The molecule has 0 bridgehead atoms. The Kier molecular flexibility index (Phi) is 6.80. The minimum atomic E-state index is -0.250. The summed E-state index contributed by atoms with van der Waals surface area (Å²) in [5.41, 5.74) is 5.40. The molecule has 1 heterocycles. The lowest BCUT2D eigenvalue weighted by Gasteiger charge is -2.25. The van der Waals surface area contributed by atoms with Crippen molar-refractivity contribution in [3.63, 3.8) is 0 Å². The predicted octanol–water partition coefficient (Wildman–Crippen LogP) is 6.02. The SMILES string of the molecule is C[C@@H](NC(=O)c1ccccc1OCC(=O)N1c2ccccc2CCc2ccccc21)c1ccccc1. The average Bonchev–Trinajstić information content (AvgIpc) is 3.09. The number of aryl methyl sites for hydroxylation is 2. The van der Waals surface area contributed by atoms with Crippen LogP contribution in [0.4, 0.5) is 11.4 Å². The van der Waals surface area contributed by atoms with Gasteiger partial charge in [0.25, 0.3) is 11.8 Å². The molecule has 1 N–H and O–H groups in total. The van der Waals surface area contributed by atoms with Gasteiger partial charge in [-0.2, -0.15) is 0 Å². The highest BCUT2D eigenvalue weighted by Crippen LogP contribution is 2.36. The zero-order valence-corrected chi connectivity index (χ0v) is 20.2. The maximum Gasteiger partial charge on any atom is 0.269 e. The van der Waals surface area contributed by atoms with Gasteiger partial charge in [0, 0.05) is 0 Å². The number of hydrogen-bond acceptors (Lipinski definition) is 3. The molecule has 0 spiro atoms. The summed E-state index contributed by atoms with van der Waals surface area (Å²) >= 11 is 0. The first kappa shape index (κ1) is 23.4. The van der Waals surface area contributed by atoms with Crippen molar-refractivity contribution >= 4 is 23.2 Å². The highest BCUT2D eigenvalue weighted by Gasteiger charge is 2.26. The van der Waals surface area contributed by atoms with Crippen molar-refractivity contribution in [3.8, 4) is 5.75 Å². The number of rotatable bonds is 6. The van der Waals surface area contributed by atoms with Crippen LogP contribution in [0.25, 0.3) is 0 Å². The average molecular weight is 477 g/mol. The molecule has 0 unspecified atom stereocenters. The summed E-state index contributed by atoms with van der Waals surface area (Å²) in [7, 11) is 0. The van der Waals surface area contributed by atoms with Gasteiger partial charge < -0.3 is 10.1 Å². The van der Waals surface area contributed by atoms with Crippen molar-refractivity contribution in [3.05, 3.63) is 125 Å². The molecule has 0 fully saturated rings. The molecule has 1 atom stereocenters. The molecule has 5 nitrogen and oxygen atoms in total. The van der Waals surface area contributed by atoms with E-state index in [1.54, 1.807) is 29.2 Å². The lowest BCUT2D eigenvalue weighted by Crippen LogP contribution is -2.32. The molecular weight excluding hydrogens is 448 g/mol. The number of benzene rings is 4. The van der Waals surface area contributed by atoms with Crippen molar-refractivity contribution in [2.24, 2.45) is 0 Å². The Morgan fingerprint density at radius 3 is 2.00 bits per heavy atom. The highest BCUT2D eigenvalue weighted by atomic mass is 16.5. The largest absolute Gasteiger partial charge is 0.483 e. The van der Waals surface area contributed by atoms with Gasteiger partial charge in [0.15, 0.2) is 6.61 Å². The first-order valence-corrected chi connectivity index (χ1v) is 12.2. The third-order valence-corrected chi connectivity index (χ3v) is 6.51. The number of carbonyl (C=O) groups is 2. The molecule has 1 aliphatic heterocycles. The highest BCUT2D eigenvalue weighted by molar-refractivity contribution is 6.03. The van der Waals surface area contributed by atoms with Crippen molar-refractivity contribution in [1.82, 2.24) is 5.32 Å². The third kappa shape index (κ3) is 4.86. The molecule has 5 rings (SSSR count). The molecule has 4 aromatic rings. The van der Waals surface area contributed by atoms with Crippen LogP contribution in [-0.4, -0.2) is 18.4 Å². The first-order valence-electron chi connectivity index (χ1n) is 12.2. The fourth-order valence-electron chi connectivity index (χ4n) is 4.63. The van der Waals surface area contributed by atoms with Gasteiger partial charge in [0.2, 0.25) is 0 Å². The smallest absolute Gasteiger partial charge is 0.269 e. The minimum Gasteiger partial charge on any atom is -0.483 e. The van der Waals surface area contributed by atoms with Gasteiger partial charge in [-0.1, -0.05) is 78.9 Å². The van der Waals surface area contributed by atoms with Gasteiger partial charge in [-0.15, -0.1) is 0 Å². The normalized spacial score (nSPS) is 13.1. The van der Waals surface area contributed by atoms with Gasteiger partial charge in [0.05, 0.1) is 23.0 Å².